The Kier molecular flexibility index (Phi) is 6.10. The van der Waals surface area contributed by atoms with E-state index in [9.17, 15) is 0 Å². The summed E-state index contributed by atoms with van der Waals surface area (Å²) in [6, 6.07) is 36.8. The number of nitrogens with zero attached hydrogens (tertiary/aromatic N) is 1. The number of hydrogen-bond acceptors (Lipinski definition) is 2. The van der Waals surface area contributed by atoms with E-state index in [2.05, 4.69) is 131 Å². The highest BCUT2D eigenvalue weighted by Gasteiger charge is 2.22. The van der Waals surface area contributed by atoms with Crippen molar-refractivity contribution in [2.24, 2.45) is 0 Å². The number of rotatable bonds is 6. The van der Waals surface area contributed by atoms with Gasteiger partial charge in [-0.15, -0.1) is 0 Å². The van der Waals surface area contributed by atoms with E-state index in [1.165, 1.54) is 44.7 Å². The molecule has 0 saturated heterocycles. The summed E-state index contributed by atoms with van der Waals surface area (Å²) in [5, 5.41) is 4.78. The number of aryl methyl sites for hydroxylation is 1. The van der Waals surface area contributed by atoms with Gasteiger partial charge in [-0.2, -0.15) is 0 Å². The molecule has 0 bridgehead atoms. The molecule has 0 radical (unpaired) electrons. The van der Waals surface area contributed by atoms with Crippen molar-refractivity contribution in [2.75, 3.05) is 10.2 Å². The molecule has 1 aromatic heterocycles. The first kappa shape index (κ1) is 23.4. The van der Waals surface area contributed by atoms with E-state index in [0.29, 0.717) is 0 Å². The van der Waals surface area contributed by atoms with Crippen LogP contribution >= 0.6 is 0 Å². The lowest BCUT2D eigenvalue weighted by atomic mass is 9.95. The molecule has 39 heavy (non-hydrogen) atoms. The number of H-pyrrole nitrogens is 1. The predicted molar refractivity (Wildman–Crippen MR) is 166 cm³/mol. The maximum atomic E-state index is 3.65. The van der Waals surface area contributed by atoms with E-state index in [1.807, 2.05) is 18.2 Å². The number of hydrogen-bond donors (Lipinski definition) is 2. The second-order valence-electron chi connectivity index (χ2n) is 10.3. The molecule has 3 nitrogen and oxygen atoms in total. The van der Waals surface area contributed by atoms with Gasteiger partial charge in [-0.3, -0.25) is 0 Å². The molecule has 0 saturated carbocycles. The average molecular weight is 506 g/mol. The van der Waals surface area contributed by atoms with Crippen LogP contribution in [0, 0.1) is 0 Å². The second kappa shape index (κ2) is 10.2. The third kappa shape index (κ3) is 4.68. The Hall–Kier alpha value is -4.76. The van der Waals surface area contributed by atoms with Crippen LogP contribution in [0.25, 0.3) is 22.6 Å². The lowest BCUT2D eigenvalue weighted by molar-refractivity contribution is 0.787. The Morgan fingerprint density at radius 3 is 2.28 bits per heavy atom. The number of benzene rings is 4. The number of aromatic nitrogens is 1. The summed E-state index contributed by atoms with van der Waals surface area (Å²) in [6.07, 6.45) is 14.7. The van der Waals surface area contributed by atoms with Gasteiger partial charge in [-0.05, 0) is 85.0 Å². The highest BCUT2D eigenvalue weighted by atomic mass is 15.2. The average Bonchev–Trinajstić information content (AvgIpc) is 3.37. The first-order valence-corrected chi connectivity index (χ1v) is 13.8. The maximum absolute atomic E-state index is 3.65. The monoisotopic (exact) mass is 505 g/mol. The largest absolute Gasteiger partial charge is 0.358 e. The fourth-order valence-corrected chi connectivity index (χ4v) is 5.79. The molecule has 1 atom stereocenters. The Balaban J connectivity index is 1.16. The van der Waals surface area contributed by atoms with E-state index in [-0.39, 0.29) is 6.04 Å². The molecule has 2 N–H and O–H groups in total. The number of aromatic amines is 1. The number of anilines is 4. The quantitative estimate of drug-likeness (QED) is 0.241. The lowest BCUT2D eigenvalue weighted by Crippen LogP contribution is -2.30. The standard InChI is InChI=1S/C36H31N3/c1-3-9-28(10-4-1)37-29-19-15-26(16-20-29)27-17-21-31(22-18-27)39(30-11-5-2-6-12-30)32-23-24-36-34(25-32)33-13-7-8-14-35(33)38-36/h1-7,9-13,15-21,23-25,31,37-38H,8,14,22H2. The molecule has 4 aromatic carbocycles. The van der Waals surface area contributed by atoms with Crippen molar-refractivity contribution in [3.05, 3.63) is 144 Å². The first-order valence-electron chi connectivity index (χ1n) is 13.8. The van der Waals surface area contributed by atoms with Gasteiger partial charge >= 0.3 is 0 Å². The van der Waals surface area contributed by atoms with Crippen LogP contribution in [-0.4, -0.2) is 11.0 Å². The molecule has 0 spiro atoms. The SMILES string of the molecule is C1=Cc2c([nH]c3ccc(N(c4ccccc4)C4C=CC(c5ccc(Nc6ccccc6)cc5)=CC4)cc23)CC1. The van der Waals surface area contributed by atoms with Gasteiger partial charge in [-0.1, -0.05) is 78.9 Å². The molecule has 7 rings (SSSR count). The minimum atomic E-state index is 0.234. The molecule has 3 heteroatoms. The molecule has 5 aromatic rings. The van der Waals surface area contributed by atoms with E-state index in [4.69, 9.17) is 0 Å². The summed E-state index contributed by atoms with van der Waals surface area (Å²) in [4.78, 5) is 6.12. The van der Waals surface area contributed by atoms with E-state index < -0.39 is 0 Å². The van der Waals surface area contributed by atoms with Gasteiger partial charge in [0.1, 0.15) is 0 Å². The molecule has 1 heterocycles. The van der Waals surface area contributed by atoms with Crippen LogP contribution in [0.15, 0.2) is 127 Å². The Morgan fingerprint density at radius 2 is 1.51 bits per heavy atom. The van der Waals surface area contributed by atoms with Gasteiger partial charge in [0.2, 0.25) is 0 Å². The van der Waals surface area contributed by atoms with Crippen molar-refractivity contribution >= 4 is 45.3 Å². The van der Waals surface area contributed by atoms with Crippen molar-refractivity contribution in [3.8, 4) is 0 Å². The number of para-hydroxylation sites is 2. The Morgan fingerprint density at radius 1 is 0.744 bits per heavy atom. The molecular formula is C36H31N3. The van der Waals surface area contributed by atoms with Gasteiger partial charge < -0.3 is 15.2 Å². The number of allylic oxidation sites excluding steroid dienone is 3. The molecule has 2 aliphatic carbocycles. The highest BCUT2D eigenvalue weighted by molar-refractivity contribution is 5.94. The summed E-state index contributed by atoms with van der Waals surface area (Å²) >= 11 is 0. The predicted octanol–water partition coefficient (Wildman–Crippen LogP) is 9.42. The minimum Gasteiger partial charge on any atom is -0.358 e. The smallest absolute Gasteiger partial charge is 0.0560 e. The zero-order chi connectivity index (χ0) is 26.0. The van der Waals surface area contributed by atoms with Gasteiger partial charge in [0.05, 0.1) is 6.04 Å². The number of nitrogens with one attached hydrogen (secondary N) is 2. The normalized spacial score (nSPS) is 16.1. The van der Waals surface area contributed by atoms with Crippen LogP contribution in [0.3, 0.4) is 0 Å². The third-order valence-electron chi connectivity index (χ3n) is 7.75. The summed E-state index contributed by atoms with van der Waals surface area (Å²) in [5.41, 5.74) is 11.0. The second-order valence-corrected chi connectivity index (χ2v) is 10.3. The molecule has 0 aliphatic heterocycles. The van der Waals surface area contributed by atoms with Gasteiger partial charge in [0, 0.05) is 44.9 Å². The molecule has 190 valence electrons. The van der Waals surface area contributed by atoms with Crippen LogP contribution < -0.4 is 10.2 Å². The van der Waals surface area contributed by atoms with Crippen molar-refractivity contribution in [1.29, 1.82) is 0 Å². The fraction of sp³-hybridized carbons (Fsp3) is 0.111. The van der Waals surface area contributed by atoms with Crippen molar-refractivity contribution in [3.63, 3.8) is 0 Å². The van der Waals surface area contributed by atoms with Crippen LogP contribution in [0.5, 0.6) is 0 Å². The van der Waals surface area contributed by atoms with Crippen LogP contribution in [0.4, 0.5) is 22.7 Å². The summed E-state index contributed by atoms with van der Waals surface area (Å²) in [7, 11) is 0. The molecule has 0 amide bonds. The van der Waals surface area contributed by atoms with E-state index >= 15 is 0 Å². The summed E-state index contributed by atoms with van der Waals surface area (Å²) in [6.45, 7) is 0. The topological polar surface area (TPSA) is 31.1 Å². The third-order valence-corrected chi connectivity index (χ3v) is 7.75. The minimum absolute atomic E-state index is 0.234. The molecule has 1 unspecified atom stereocenters. The zero-order valence-electron chi connectivity index (χ0n) is 21.8. The Bertz CT molecular complexity index is 1690. The van der Waals surface area contributed by atoms with Crippen molar-refractivity contribution in [2.45, 2.75) is 25.3 Å². The van der Waals surface area contributed by atoms with Crippen molar-refractivity contribution < 1.29 is 0 Å². The van der Waals surface area contributed by atoms with Crippen LogP contribution in [0.2, 0.25) is 0 Å². The molecular weight excluding hydrogens is 474 g/mol. The first-order chi connectivity index (χ1) is 19.3. The maximum Gasteiger partial charge on any atom is 0.0560 e. The zero-order valence-corrected chi connectivity index (χ0v) is 21.8. The Labute approximate surface area is 229 Å². The number of fused-ring (bicyclic) bond motifs is 3. The van der Waals surface area contributed by atoms with E-state index in [0.717, 1.165) is 30.6 Å². The van der Waals surface area contributed by atoms with Crippen LogP contribution in [-0.2, 0) is 6.42 Å². The van der Waals surface area contributed by atoms with Gasteiger partial charge in [-0.25, -0.2) is 0 Å². The summed E-state index contributed by atoms with van der Waals surface area (Å²) in [5.74, 6) is 0. The molecule has 0 fully saturated rings. The van der Waals surface area contributed by atoms with E-state index in [1.54, 1.807) is 0 Å². The summed E-state index contributed by atoms with van der Waals surface area (Å²) < 4.78 is 0. The highest BCUT2D eigenvalue weighted by Crippen LogP contribution is 2.37. The fourth-order valence-electron chi connectivity index (χ4n) is 5.79. The van der Waals surface area contributed by atoms with Gasteiger partial charge in [0.25, 0.3) is 0 Å². The van der Waals surface area contributed by atoms with Gasteiger partial charge in [0.15, 0.2) is 0 Å². The van der Waals surface area contributed by atoms with Crippen molar-refractivity contribution in [1.82, 2.24) is 4.98 Å². The van der Waals surface area contributed by atoms with Crippen LogP contribution in [0.1, 0.15) is 29.7 Å². The lowest BCUT2D eigenvalue weighted by Gasteiger charge is -2.33. The molecule has 2 aliphatic rings.